The molecule has 0 bridgehead atoms. The van der Waals surface area contributed by atoms with E-state index in [9.17, 15) is 4.79 Å². The molecule has 0 saturated carbocycles. The molecule has 2 nitrogen and oxygen atoms in total. The summed E-state index contributed by atoms with van der Waals surface area (Å²) in [5.41, 5.74) is 0.675. The Labute approximate surface area is 147 Å². The molecule has 0 atom stereocenters. The van der Waals surface area contributed by atoms with E-state index in [0.29, 0.717) is 30.8 Å². The van der Waals surface area contributed by atoms with Crippen LogP contribution in [-0.4, -0.2) is 5.91 Å². The number of carbonyl (C=O) groups excluding carboxylic acids is 1. The van der Waals surface area contributed by atoms with E-state index < -0.39 is 0 Å². The van der Waals surface area contributed by atoms with Gasteiger partial charge < -0.3 is 5.32 Å². The fraction of sp³-hybridized carbons (Fsp3) is 0. The summed E-state index contributed by atoms with van der Waals surface area (Å²) in [6.45, 7) is 0. The van der Waals surface area contributed by atoms with Gasteiger partial charge in [-0.3, -0.25) is 4.79 Å². The van der Waals surface area contributed by atoms with Crippen molar-refractivity contribution >= 4 is 78.3 Å². The zero-order valence-electron chi connectivity index (χ0n) is 9.68. The minimum Gasteiger partial charge on any atom is -0.319 e. The SMILES string of the molecule is O=C(Nc1c(Cl)cc(Br)cc1Cl)c1cccc(Br)c1Cl. The Morgan fingerprint density at radius 2 is 1.65 bits per heavy atom. The van der Waals surface area contributed by atoms with Crippen molar-refractivity contribution in [2.24, 2.45) is 0 Å². The minimum absolute atomic E-state index is 0.328. The summed E-state index contributed by atoms with van der Waals surface area (Å²) in [5.74, 6) is -0.387. The second-order valence-electron chi connectivity index (χ2n) is 3.80. The smallest absolute Gasteiger partial charge is 0.257 e. The zero-order chi connectivity index (χ0) is 14.9. The standard InChI is InChI=1S/C13H6Br2Cl3NO/c14-6-4-9(16)12(10(17)5-6)19-13(20)7-2-1-3-8(15)11(7)18/h1-5H,(H,19,20). The molecule has 7 heteroatoms. The topological polar surface area (TPSA) is 29.1 Å². The van der Waals surface area contributed by atoms with Crippen molar-refractivity contribution < 1.29 is 4.79 Å². The molecule has 1 N–H and O–H groups in total. The fourth-order valence-electron chi connectivity index (χ4n) is 1.52. The van der Waals surface area contributed by atoms with Crippen LogP contribution in [0.3, 0.4) is 0 Å². The van der Waals surface area contributed by atoms with Crippen LogP contribution in [0.1, 0.15) is 10.4 Å². The normalized spacial score (nSPS) is 10.4. The Hall–Kier alpha value is -0.260. The molecule has 0 saturated heterocycles. The summed E-state index contributed by atoms with van der Waals surface area (Å²) in [6.07, 6.45) is 0. The maximum absolute atomic E-state index is 12.2. The van der Waals surface area contributed by atoms with Gasteiger partial charge in [-0.1, -0.05) is 56.8 Å². The largest absolute Gasteiger partial charge is 0.319 e. The van der Waals surface area contributed by atoms with E-state index in [0.717, 1.165) is 4.47 Å². The number of anilines is 1. The van der Waals surface area contributed by atoms with Gasteiger partial charge in [-0.25, -0.2) is 0 Å². The van der Waals surface area contributed by atoms with E-state index in [1.807, 2.05) is 0 Å². The second-order valence-corrected chi connectivity index (χ2v) is 6.76. The molecule has 0 spiro atoms. The van der Waals surface area contributed by atoms with Gasteiger partial charge in [-0.15, -0.1) is 0 Å². The summed E-state index contributed by atoms with van der Waals surface area (Å²) in [4.78, 5) is 12.2. The Bertz CT molecular complexity index is 668. The molecule has 0 heterocycles. The van der Waals surface area contributed by atoms with E-state index in [-0.39, 0.29) is 5.91 Å². The fourth-order valence-corrected chi connectivity index (χ4v) is 3.40. The number of rotatable bonds is 2. The molecular formula is C13H6Br2Cl3NO. The first kappa shape index (κ1) is 16.1. The van der Waals surface area contributed by atoms with Crippen LogP contribution in [0.5, 0.6) is 0 Å². The Balaban J connectivity index is 2.36. The van der Waals surface area contributed by atoms with Gasteiger partial charge >= 0.3 is 0 Å². The van der Waals surface area contributed by atoms with Crippen LogP contribution in [0.25, 0.3) is 0 Å². The van der Waals surface area contributed by atoms with Gasteiger partial charge in [0.25, 0.3) is 5.91 Å². The molecule has 0 aliphatic heterocycles. The van der Waals surface area contributed by atoms with Gasteiger partial charge in [0.15, 0.2) is 0 Å². The van der Waals surface area contributed by atoms with E-state index in [2.05, 4.69) is 37.2 Å². The molecule has 0 unspecified atom stereocenters. The van der Waals surface area contributed by atoms with Gasteiger partial charge in [0.1, 0.15) is 0 Å². The van der Waals surface area contributed by atoms with Gasteiger partial charge in [0.05, 0.1) is 26.3 Å². The van der Waals surface area contributed by atoms with Crippen LogP contribution in [0.4, 0.5) is 5.69 Å². The van der Waals surface area contributed by atoms with Crippen LogP contribution in [0.2, 0.25) is 15.1 Å². The van der Waals surface area contributed by atoms with Crippen molar-refractivity contribution in [3.63, 3.8) is 0 Å². The van der Waals surface area contributed by atoms with Crippen molar-refractivity contribution in [3.05, 3.63) is 59.9 Å². The lowest BCUT2D eigenvalue weighted by Gasteiger charge is -2.11. The van der Waals surface area contributed by atoms with Crippen LogP contribution in [0.15, 0.2) is 39.3 Å². The highest BCUT2D eigenvalue weighted by Gasteiger charge is 2.16. The molecule has 2 aromatic carbocycles. The highest BCUT2D eigenvalue weighted by Crippen LogP contribution is 2.35. The number of carbonyl (C=O) groups is 1. The van der Waals surface area contributed by atoms with Crippen LogP contribution in [0, 0.1) is 0 Å². The quantitative estimate of drug-likeness (QED) is 0.553. The number of nitrogens with one attached hydrogen (secondary N) is 1. The van der Waals surface area contributed by atoms with Crippen LogP contribution < -0.4 is 5.32 Å². The molecule has 0 fully saturated rings. The lowest BCUT2D eigenvalue weighted by atomic mass is 10.2. The molecule has 2 rings (SSSR count). The van der Waals surface area contributed by atoms with Crippen molar-refractivity contribution in [3.8, 4) is 0 Å². The van der Waals surface area contributed by atoms with Crippen molar-refractivity contribution in [1.82, 2.24) is 0 Å². The molecule has 20 heavy (non-hydrogen) atoms. The molecule has 104 valence electrons. The van der Waals surface area contributed by atoms with E-state index >= 15 is 0 Å². The third kappa shape index (κ3) is 3.49. The molecule has 0 aliphatic carbocycles. The summed E-state index contributed by atoms with van der Waals surface area (Å²) >= 11 is 24.7. The molecule has 2 aromatic rings. The lowest BCUT2D eigenvalue weighted by Crippen LogP contribution is -2.13. The van der Waals surface area contributed by atoms with Crippen molar-refractivity contribution in [2.75, 3.05) is 5.32 Å². The number of hydrogen-bond acceptors (Lipinski definition) is 1. The summed E-state index contributed by atoms with van der Waals surface area (Å²) in [5, 5.41) is 3.66. The van der Waals surface area contributed by atoms with Gasteiger partial charge in [0.2, 0.25) is 0 Å². The Morgan fingerprint density at radius 1 is 1.05 bits per heavy atom. The molecular weight excluding hydrogens is 452 g/mol. The van der Waals surface area contributed by atoms with Crippen LogP contribution >= 0.6 is 66.7 Å². The van der Waals surface area contributed by atoms with Gasteiger partial charge in [-0.2, -0.15) is 0 Å². The third-order valence-corrected chi connectivity index (χ3v) is 4.79. The average molecular weight is 458 g/mol. The number of halogens is 5. The third-order valence-electron chi connectivity index (χ3n) is 2.44. The molecule has 0 aliphatic rings. The van der Waals surface area contributed by atoms with Crippen LogP contribution in [-0.2, 0) is 0 Å². The summed E-state index contributed by atoms with van der Waals surface area (Å²) in [6, 6.07) is 8.37. The van der Waals surface area contributed by atoms with Crippen molar-refractivity contribution in [2.45, 2.75) is 0 Å². The van der Waals surface area contributed by atoms with Gasteiger partial charge in [0, 0.05) is 8.95 Å². The lowest BCUT2D eigenvalue weighted by molar-refractivity contribution is 0.102. The first-order valence-corrected chi connectivity index (χ1v) is 8.02. The van der Waals surface area contributed by atoms with E-state index in [1.54, 1.807) is 30.3 Å². The summed E-state index contributed by atoms with van der Waals surface area (Å²) < 4.78 is 1.37. The second kappa shape index (κ2) is 6.67. The average Bonchev–Trinajstić information content (AvgIpc) is 2.36. The monoisotopic (exact) mass is 455 g/mol. The maximum Gasteiger partial charge on any atom is 0.257 e. The van der Waals surface area contributed by atoms with E-state index in [1.165, 1.54) is 0 Å². The molecule has 0 radical (unpaired) electrons. The predicted molar refractivity (Wildman–Crippen MR) is 91.3 cm³/mol. The highest BCUT2D eigenvalue weighted by molar-refractivity contribution is 9.10. The first-order chi connectivity index (χ1) is 9.40. The van der Waals surface area contributed by atoms with Gasteiger partial charge in [-0.05, 0) is 40.2 Å². The zero-order valence-corrected chi connectivity index (χ0v) is 15.1. The first-order valence-electron chi connectivity index (χ1n) is 5.30. The maximum atomic E-state index is 12.2. The number of amides is 1. The van der Waals surface area contributed by atoms with E-state index in [4.69, 9.17) is 34.8 Å². The van der Waals surface area contributed by atoms with Crippen molar-refractivity contribution in [1.29, 1.82) is 0 Å². The number of benzene rings is 2. The molecule has 0 aromatic heterocycles. The summed E-state index contributed by atoms with van der Waals surface area (Å²) in [7, 11) is 0. The number of hydrogen-bond donors (Lipinski definition) is 1. The minimum atomic E-state index is -0.387. The molecule has 1 amide bonds. The highest BCUT2D eigenvalue weighted by atomic mass is 79.9. The Morgan fingerprint density at radius 3 is 2.25 bits per heavy atom. The Kier molecular flexibility index (Phi) is 5.37. The predicted octanol–water partition coefficient (Wildman–Crippen LogP) is 6.42.